The first-order chi connectivity index (χ1) is 14.1. The van der Waals surface area contributed by atoms with E-state index in [9.17, 15) is 14.4 Å². The van der Waals surface area contributed by atoms with Gasteiger partial charge in [0.05, 0.1) is 19.4 Å². The summed E-state index contributed by atoms with van der Waals surface area (Å²) in [4.78, 5) is 35.9. The predicted molar refractivity (Wildman–Crippen MR) is 109 cm³/mol. The molecule has 0 bridgehead atoms. The zero-order chi connectivity index (χ0) is 20.5. The second-order valence-electron chi connectivity index (χ2n) is 6.50. The zero-order valence-corrected chi connectivity index (χ0v) is 15.9. The predicted octanol–water partition coefficient (Wildman–Crippen LogP) is 3.34. The molecule has 0 saturated carbocycles. The number of nitrogens with one attached hydrogen (secondary N) is 2. The summed E-state index contributed by atoms with van der Waals surface area (Å²) in [6, 6.07) is 20.7. The van der Waals surface area contributed by atoms with Gasteiger partial charge < -0.3 is 15.1 Å². The van der Waals surface area contributed by atoms with Gasteiger partial charge in [-0.25, -0.2) is 0 Å². The van der Waals surface area contributed by atoms with Crippen molar-refractivity contribution in [2.75, 3.05) is 6.54 Å². The fraction of sp³-hybridized carbons (Fsp3) is 0.174. The monoisotopic (exact) mass is 390 g/mol. The average Bonchev–Trinajstić information content (AvgIpc) is 3.29. The quantitative estimate of drug-likeness (QED) is 0.549. The summed E-state index contributed by atoms with van der Waals surface area (Å²) in [5.74, 6) is -0.138. The molecule has 1 aromatic heterocycles. The highest BCUT2D eigenvalue weighted by molar-refractivity contribution is 5.98. The van der Waals surface area contributed by atoms with Gasteiger partial charge in [0.2, 0.25) is 11.8 Å². The van der Waals surface area contributed by atoms with E-state index in [2.05, 4.69) is 10.6 Å². The Morgan fingerprint density at radius 2 is 1.45 bits per heavy atom. The summed E-state index contributed by atoms with van der Waals surface area (Å²) < 4.78 is 5.11. The molecule has 2 amide bonds. The van der Waals surface area contributed by atoms with Crippen molar-refractivity contribution in [3.05, 3.63) is 84.3 Å². The number of carbonyl (C=O) groups excluding carboxylic acids is 3. The van der Waals surface area contributed by atoms with E-state index >= 15 is 0 Å². The maximum atomic E-state index is 12.3. The van der Waals surface area contributed by atoms with Gasteiger partial charge in [-0.1, -0.05) is 54.6 Å². The van der Waals surface area contributed by atoms with Crippen LogP contribution in [0.5, 0.6) is 0 Å². The van der Waals surface area contributed by atoms with E-state index in [0.717, 1.165) is 11.1 Å². The summed E-state index contributed by atoms with van der Waals surface area (Å²) in [7, 11) is 0. The maximum Gasteiger partial charge on any atom is 0.239 e. The topological polar surface area (TPSA) is 88.4 Å². The second-order valence-corrected chi connectivity index (χ2v) is 6.50. The first-order valence-corrected chi connectivity index (χ1v) is 9.36. The van der Waals surface area contributed by atoms with Gasteiger partial charge in [-0.05, 0) is 23.3 Å². The van der Waals surface area contributed by atoms with Crippen molar-refractivity contribution in [3.8, 4) is 11.1 Å². The summed E-state index contributed by atoms with van der Waals surface area (Å²) in [5.41, 5.74) is 2.67. The van der Waals surface area contributed by atoms with E-state index in [1.165, 1.54) is 6.26 Å². The number of amides is 2. The molecule has 0 spiro atoms. The highest BCUT2D eigenvalue weighted by atomic mass is 16.3. The largest absolute Gasteiger partial charge is 0.467 e. The molecule has 2 N–H and O–H groups in total. The third-order valence-electron chi connectivity index (χ3n) is 4.38. The number of hydrogen-bond donors (Lipinski definition) is 2. The summed E-state index contributed by atoms with van der Waals surface area (Å²) in [6.45, 7) is 0.124. The molecule has 0 aliphatic rings. The van der Waals surface area contributed by atoms with Gasteiger partial charge in [-0.2, -0.15) is 0 Å². The lowest BCUT2D eigenvalue weighted by Crippen LogP contribution is -2.36. The third-order valence-corrected chi connectivity index (χ3v) is 4.38. The second kappa shape index (κ2) is 10.0. The van der Waals surface area contributed by atoms with Crippen LogP contribution in [-0.2, 0) is 16.1 Å². The van der Waals surface area contributed by atoms with Crippen LogP contribution in [0.15, 0.2) is 77.4 Å². The summed E-state index contributed by atoms with van der Waals surface area (Å²) >= 11 is 0. The molecule has 29 heavy (non-hydrogen) atoms. The van der Waals surface area contributed by atoms with E-state index in [4.69, 9.17) is 4.42 Å². The van der Waals surface area contributed by atoms with Crippen LogP contribution in [0.3, 0.4) is 0 Å². The van der Waals surface area contributed by atoms with Crippen molar-refractivity contribution in [3.63, 3.8) is 0 Å². The van der Waals surface area contributed by atoms with Crippen LogP contribution in [0.1, 0.15) is 29.0 Å². The van der Waals surface area contributed by atoms with Crippen LogP contribution in [0, 0.1) is 0 Å². The lowest BCUT2D eigenvalue weighted by Gasteiger charge is -2.06. The van der Waals surface area contributed by atoms with E-state index in [1.807, 2.05) is 42.5 Å². The molecule has 6 heteroatoms. The Bertz CT molecular complexity index is 948. The van der Waals surface area contributed by atoms with Crippen LogP contribution in [0.2, 0.25) is 0 Å². The summed E-state index contributed by atoms with van der Waals surface area (Å²) in [5, 5.41) is 5.15. The van der Waals surface area contributed by atoms with Gasteiger partial charge in [0.25, 0.3) is 0 Å². The molecule has 3 aromatic rings. The highest BCUT2D eigenvalue weighted by Gasteiger charge is 2.11. The summed E-state index contributed by atoms with van der Waals surface area (Å²) in [6.07, 6.45) is 1.64. The van der Waals surface area contributed by atoms with E-state index in [1.54, 1.807) is 24.3 Å². The Kier molecular flexibility index (Phi) is 6.95. The van der Waals surface area contributed by atoms with Crippen LogP contribution < -0.4 is 10.6 Å². The Morgan fingerprint density at radius 3 is 2.14 bits per heavy atom. The first-order valence-electron chi connectivity index (χ1n) is 9.36. The normalized spacial score (nSPS) is 10.3. The molecule has 0 aliphatic carbocycles. The van der Waals surface area contributed by atoms with E-state index < -0.39 is 0 Å². The fourth-order valence-electron chi connectivity index (χ4n) is 2.78. The number of benzene rings is 2. The first kappa shape index (κ1) is 20.1. The average molecular weight is 390 g/mol. The smallest absolute Gasteiger partial charge is 0.239 e. The van der Waals surface area contributed by atoms with Gasteiger partial charge in [-0.3, -0.25) is 14.4 Å². The number of carbonyl (C=O) groups is 3. The Morgan fingerprint density at radius 1 is 0.724 bits per heavy atom. The number of Topliss-reactive ketones (excluding diaryl/α,β-unsaturated/α-hetero) is 1. The molecule has 0 fully saturated rings. The van der Waals surface area contributed by atoms with E-state index in [-0.39, 0.29) is 43.5 Å². The zero-order valence-electron chi connectivity index (χ0n) is 15.9. The van der Waals surface area contributed by atoms with Gasteiger partial charge in [0.1, 0.15) is 5.76 Å². The molecular formula is C23H22N2O4. The van der Waals surface area contributed by atoms with Crippen molar-refractivity contribution in [1.82, 2.24) is 10.6 Å². The van der Waals surface area contributed by atoms with Crippen molar-refractivity contribution in [1.29, 1.82) is 0 Å². The molecule has 0 unspecified atom stereocenters. The Balaban J connectivity index is 1.39. The third kappa shape index (κ3) is 6.17. The molecule has 2 aromatic carbocycles. The molecule has 1 heterocycles. The van der Waals surface area contributed by atoms with Crippen molar-refractivity contribution in [2.45, 2.75) is 19.4 Å². The highest BCUT2D eigenvalue weighted by Crippen LogP contribution is 2.19. The number of rotatable bonds is 9. The fourth-order valence-corrected chi connectivity index (χ4v) is 2.78. The lowest BCUT2D eigenvalue weighted by molar-refractivity contribution is -0.126. The minimum absolute atomic E-state index is 0.0325. The van der Waals surface area contributed by atoms with Crippen LogP contribution in [0.25, 0.3) is 11.1 Å². The van der Waals surface area contributed by atoms with Crippen LogP contribution >= 0.6 is 0 Å². The van der Waals surface area contributed by atoms with Crippen molar-refractivity contribution in [2.24, 2.45) is 0 Å². The minimum atomic E-state index is -0.340. The van der Waals surface area contributed by atoms with Gasteiger partial charge >= 0.3 is 0 Å². The number of furan rings is 1. The lowest BCUT2D eigenvalue weighted by atomic mass is 10.0. The van der Waals surface area contributed by atoms with Gasteiger partial charge in [0, 0.05) is 18.4 Å². The molecule has 3 rings (SSSR count). The minimum Gasteiger partial charge on any atom is -0.467 e. The van der Waals surface area contributed by atoms with Crippen LogP contribution in [0.4, 0.5) is 0 Å². The maximum absolute atomic E-state index is 12.3. The molecule has 0 aliphatic heterocycles. The van der Waals surface area contributed by atoms with Gasteiger partial charge in [0.15, 0.2) is 5.78 Å². The molecular weight excluding hydrogens is 368 g/mol. The number of ketones is 1. The Hall–Kier alpha value is -3.67. The van der Waals surface area contributed by atoms with Crippen molar-refractivity contribution < 1.29 is 18.8 Å². The molecule has 6 nitrogen and oxygen atoms in total. The molecule has 148 valence electrons. The molecule has 0 atom stereocenters. The van der Waals surface area contributed by atoms with Crippen LogP contribution in [-0.4, -0.2) is 24.1 Å². The van der Waals surface area contributed by atoms with Gasteiger partial charge in [-0.15, -0.1) is 0 Å². The standard InChI is InChI=1S/C23H22N2O4/c26-21(19-10-8-18(9-11-19)17-5-2-1-3-6-17)12-13-22(27)25-16-23(28)24-15-20-7-4-14-29-20/h1-11,14H,12-13,15-16H2,(H,24,28)(H,25,27). The molecule has 0 saturated heterocycles. The van der Waals surface area contributed by atoms with Crippen molar-refractivity contribution >= 4 is 17.6 Å². The SMILES string of the molecule is O=C(CCC(=O)c1ccc(-c2ccccc2)cc1)NCC(=O)NCc1ccco1. The Labute approximate surface area is 168 Å². The van der Waals surface area contributed by atoms with E-state index in [0.29, 0.717) is 11.3 Å². The molecule has 0 radical (unpaired) electrons. The number of hydrogen-bond acceptors (Lipinski definition) is 4.